The molecule has 81 heavy (non-hydrogen) atoms. The molecule has 6 atom stereocenters. The molecular formula is C67H101BrClN6O6+. The summed E-state index contributed by atoms with van der Waals surface area (Å²) in [6.07, 6.45) is 15.4. The van der Waals surface area contributed by atoms with Gasteiger partial charge in [-0.05, 0) is 112 Å². The van der Waals surface area contributed by atoms with E-state index in [1.165, 1.54) is 74.1 Å². The van der Waals surface area contributed by atoms with Gasteiger partial charge in [-0.1, -0.05) is 158 Å². The van der Waals surface area contributed by atoms with Crippen LogP contribution in [0.25, 0.3) is 0 Å². The molecule has 4 aromatic rings. The zero-order valence-corrected chi connectivity index (χ0v) is 50.8. The van der Waals surface area contributed by atoms with Crippen LogP contribution in [0.2, 0.25) is 0 Å². The van der Waals surface area contributed by atoms with E-state index in [0.29, 0.717) is 36.8 Å². The minimum atomic E-state index is 0. The lowest BCUT2D eigenvalue weighted by atomic mass is 9.86. The Hall–Kier alpha value is -3.73. The van der Waals surface area contributed by atoms with Crippen molar-refractivity contribution >= 4 is 40.3 Å². The molecule has 8 aliphatic heterocycles. The van der Waals surface area contributed by atoms with Crippen LogP contribution in [-0.4, -0.2) is 160 Å². The van der Waals surface area contributed by atoms with Gasteiger partial charge in [0.1, 0.15) is 12.6 Å². The number of likely N-dealkylation sites (tertiary alicyclic amines) is 1. The van der Waals surface area contributed by atoms with Gasteiger partial charge in [-0.2, -0.15) is 0 Å². The summed E-state index contributed by atoms with van der Waals surface area (Å²) in [6, 6.07) is 43.9. The number of carbonyl (C=O) groups is 2. The number of unbranched alkanes of at least 4 members (excludes halogenated alkanes) is 4. The van der Waals surface area contributed by atoms with Crippen LogP contribution in [0.4, 0.5) is 0 Å². The number of nitrogens with one attached hydrogen (secondary N) is 2. The normalized spacial score (nSPS) is 25.7. The van der Waals surface area contributed by atoms with E-state index in [1.807, 2.05) is 14.2 Å². The Kier molecular flexibility index (Phi) is 30.2. The standard InChI is InChI=1S/C33H47N3O3.C20H26N2O.C13H22BrNO2.CH4.ClH/c1-38-32-26-34(19-10-4-9-15-33(37)39-31-25-35-20-16-29(31)17-21-35)22-18-30(32)36(23-27-11-5-2-6-12-27)24-28-13-7-3-8-14-28;1-23-20-14-21-13-12-19(20)22(15-17-8-4-2-5-9-17)16-18-10-6-3-7-11-18;14-7-3-1-2-4-13(16)17-12-10-15-8-5-11(12)6-9-15;;/h2-3,5-8,11-14,29-32H,4,9-10,15-26H2,1H3;2-11,19-21H,12-16H2,1H3;11-12H,1-10H2;1H4;1H/p+1/t30-,31+,32+;19-,20+;12-;;/m110../s1. The zero-order valence-electron chi connectivity index (χ0n) is 48.4. The van der Waals surface area contributed by atoms with Gasteiger partial charge in [-0.15, -0.1) is 12.4 Å². The Balaban J connectivity index is 0.000000213. The number of hydrogen-bond donors (Lipinski definition) is 2. The Morgan fingerprint density at radius 2 is 1.02 bits per heavy atom. The van der Waals surface area contributed by atoms with Gasteiger partial charge in [-0.25, -0.2) is 0 Å². The molecule has 12 nitrogen and oxygen atoms in total. The van der Waals surface area contributed by atoms with Gasteiger partial charge in [-0.3, -0.25) is 24.3 Å². The number of quaternary nitrogens is 1. The second-order valence-electron chi connectivity index (χ2n) is 23.3. The van der Waals surface area contributed by atoms with Crippen molar-refractivity contribution in [3.63, 3.8) is 0 Å². The molecule has 4 bridgehead atoms. The number of methoxy groups -OCH3 is 2. The lowest BCUT2D eigenvalue weighted by Crippen LogP contribution is -3.16. The molecule has 8 aliphatic rings. The summed E-state index contributed by atoms with van der Waals surface area (Å²) in [6.45, 7) is 15.8. The van der Waals surface area contributed by atoms with Crippen LogP contribution >= 0.6 is 28.3 Å². The number of halogens is 2. The lowest BCUT2D eigenvalue weighted by molar-refractivity contribution is -0.920. The number of nitrogens with zero attached hydrogens (tertiary/aromatic N) is 4. The molecule has 2 N–H and O–H groups in total. The van der Waals surface area contributed by atoms with E-state index in [9.17, 15) is 9.59 Å². The summed E-state index contributed by atoms with van der Waals surface area (Å²) in [5.41, 5.74) is 5.41. The van der Waals surface area contributed by atoms with E-state index in [0.717, 1.165) is 129 Å². The highest BCUT2D eigenvalue weighted by Crippen LogP contribution is 2.30. The molecule has 12 rings (SSSR count). The van der Waals surface area contributed by atoms with Crippen molar-refractivity contribution in [1.29, 1.82) is 0 Å². The van der Waals surface area contributed by atoms with Crippen molar-refractivity contribution in [2.24, 2.45) is 11.8 Å². The van der Waals surface area contributed by atoms with E-state index in [1.54, 1.807) is 4.90 Å². The monoisotopic (exact) mass is 1200 g/mol. The first-order chi connectivity index (χ1) is 38.8. The average Bonchev–Trinajstić information content (AvgIpc) is 3.50. The van der Waals surface area contributed by atoms with Gasteiger partial charge < -0.3 is 34.1 Å². The highest BCUT2D eigenvalue weighted by molar-refractivity contribution is 9.09. The van der Waals surface area contributed by atoms with E-state index in [2.05, 4.69) is 162 Å². The van der Waals surface area contributed by atoms with Gasteiger partial charge in [0.05, 0.1) is 25.3 Å². The topological polar surface area (TPSA) is 100 Å². The molecule has 0 aromatic heterocycles. The predicted octanol–water partition coefficient (Wildman–Crippen LogP) is 10.3. The summed E-state index contributed by atoms with van der Waals surface area (Å²) in [4.78, 5) is 35.9. The van der Waals surface area contributed by atoms with Crippen molar-refractivity contribution in [3.05, 3.63) is 144 Å². The maximum absolute atomic E-state index is 12.4. The van der Waals surface area contributed by atoms with E-state index in [-0.39, 0.29) is 56.2 Å². The van der Waals surface area contributed by atoms with Crippen LogP contribution in [0.1, 0.15) is 120 Å². The SMILES string of the molecule is C.CO[C@H]1CN(CCCCCC(=O)O[C@H]2CN3CCC2CC3)CC[C@H]1N(Cc1ccccc1)Cc1ccccc1.CO[C@H]1CNCC[C@H]1N(Cc1ccccc1)Cc1ccccc1.Cl.O=C(CCCCCBr)O[C@H]1C[NH+]2CCC1CC2. The fourth-order valence-electron chi connectivity index (χ4n) is 13.2. The van der Waals surface area contributed by atoms with Crippen molar-refractivity contribution in [3.8, 4) is 0 Å². The average molecular weight is 1200 g/mol. The number of hydrogen-bond acceptors (Lipinski definition) is 11. The Morgan fingerprint density at radius 1 is 0.556 bits per heavy atom. The largest absolute Gasteiger partial charge is 0.461 e. The molecule has 0 aliphatic carbocycles. The molecule has 0 amide bonds. The third kappa shape index (κ3) is 22.0. The molecule has 0 radical (unpaired) electrons. The molecule has 4 aromatic carbocycles. The molecule has 8 saturated heterocycles. The van der Waals surface area contributed by atoms with Crippen LogP contribution in [0.3, 0.4) is 0 Å². The number of piperidine rings is 8. The van der Waals surface area contributed by atoms with Gasteiger partial charge in [0.15, 0.2) is 6.10 Å². The predicted molar refractivity (Wildman–Crippen MR) is 334 cm³/mol. The third-order valence-corrected chi connectivity index (χ3v) is 18.3. The maximum atomic E-state index is 12.4. The summed E-state index contributed by atoms with van der Waals surface area (Å²) in [7, 11) is 3.69. The first-order valence-electron chi connectivity index (χ1n) is 30.5. The van der Waals surface area contributed by atoms with Crippen molar-refractivity contribution in [2.75, 3.05) is 91.5 Å². The number of rotatable bonds is 25. The quantitative estimate of drug-likeness (QED) is 0.0377. The van der Waals surface area contributed by atoms with Gasteiger partial charge >= 0.3 is 11.9 Å². The molecule has 448 valence electrons. The zero-order chi connectivity index (χ0) is 54.9. The number of carbonyl (C=O) groups excluding carboxylic acids is 2. The van der Waals surface area contributed by atoms with E-state index < -0.39 is 0 Å². The lowest BCUT2D eigenvalue weighted by Gasteiger charge is -2.44. The molecule has 0 saturated carbocycles. The minimum absolute atomic E-state index is 0. The summed E-state index contributed by atoms with van der Waals surface area (Å²) >= 11 is 3.40. The van der Waals surface area contributed by atoms with Crippen LogP contribution in [0, 0.1) is 11.8 Å². The fraction of sp³-hybridized carbons (Fsp3) is 0.612. The van der Waals surface area contributed by atoms with Gasteiger partial charge in [0.2, 0.25) is 0 Å². The third-order valence-electron chi connectivity index (χ3n) is 17.7. The maximum Gasteiger partial charge on any atom is 0.306 e. The molecule has 8 heterocycles. The second kappa shape index (κ2) is 36.9. The fourth-order valence-corrected chi connectivity index (χ4v) is 13.6. The summed E-state index contributed by atoms with van der Waals surface area (Å²) in [5.74, 6) is 1.27. The van der Waals surface area contributed by atoms with Crippen LogP contribution in [-0.2, 0) is 54.7 Å². The summed E-state index contributed by atoms with van der Waals surface area (Å²) in [5, 5.41) is 4.48. The molecular weight excluding hydrogens is 1100 g/mol. The van der Waals surface area contributed by atoms with Crippen molar-refractivity contribution in [2.45, 2.75) is 160 Å². The molecule has 0 spiro atoms. The molecule has 14 heteroatoms. The summed E-state index contributed by atoms with van der Waals surface area (Å²) < 4.78 is 23.3. The first-order valence-corrected chi connectivity index (χ1v) is 31.6. The van der Waals surface area contributed by atoms with Gasteiger partial charge in [0, 0.05) is 109 Å². The number of benzene rings is 4. The number of alkyl halides is 1. The number of fused-ring (bicyclic) bond motifs is 6. The highest BCUT2D eigenvalue weighted by atomic mass is 79.9. The van der Waals surface area contributed by atoms with Crippen molar-refractivity contribution in [1.82, 2.24) is 24.9 Å². The number of ether oxygens (including phenoxy) is 4. The Labute approximate surface area is 502 Å². The smallest absolute Gasteiger partial charge is 0.306 e. The van der Waals surface area contributed by atoms with E-state index in [4.69, 9.17) is 18.9 Å². The van der Waals surface area contributed by atoms with Crippen LogP contribution in [0.15, 0.2) is 121 Å². The second-order valence-corrected chi connectivity index (χ2v) is 24.1. The number of esters is 2. The van der Waals surface area contributed by atoms with Gasteiger partial charge in [0.25, 0.3) is 0 Å². The highest BCUT2D eigenvalue weighted by Gasteiger charge is 2.40. The Morgan fingerprint density at radius 3 is 1.47 bits per heavy atom. The van der Waals surface area contributed by atoms with Crippen LogP contribution in [0.5, 0.6) is 0 Å². The Bertz CT molecular complexity index is 2220. The molecule has 0 unspecified atom stereocenters. The minimum Gasteiger partial charge on any atom is -0.461 e. The molecule has 8 fully saturated rings. The van der Waals surface area contributed by atoms with E-state index >= 15 is 0 Å². The first kappa shape index (κ1) is 66.4. The van der Waals surface area contributed by atoms with Crippen LogP contribution < -0.4 is 10.2 Å². The van der Waals surface area contributed by atoms with Crippen molar-refractivity contribution < 1.29 is 33.4 Å².